The predicted molar refractivity (Wildman–Crippen MR) is 70.5 cm³/mol. The molecule has 0 radical (unpaired) electrons. The smallest absolute Gasteiger partial charge is 0.322 e. The van der Waals surface area contributed by atoms with Gasteiger partial charge in [0.25, 0.3) is 0 Å². The molecule has 1 heterocycles. The van der Waals surface area contributed by atoms with Gasteiger partial charge in [-0.25, -0.2) is 8.42 Å². The first-order valence-electron chi connectivity index (χ1n) is 5.81. The fourth-order valence-electron chi connectivity index (χ4n) is 1.80. The summed E-state index contributed by atoms with van der Waals surface area (Å²) < 4.78 is 29.9. The van der Waals surface area contributed by atoms with Crippen LogP contribution in [-0.2, 0) is 24.3 Å². The lowest BCUT2D eigenvalue weighted by Gasteiger charge is -2.33. The molecule has 0 saturated carbocycles. The Morgan fingerprint density at radius 3 is 2.74 bits per heavy atom. The molecule has 0 spiro atoms. The minimum absolute atomic E-state index is 0.114. The van der Waals surface area contributed by atoms with Gasteiger partial charge in [-0.15, -0.1) is 0 Å². The summed E-state index contributed by atoms with van der Waals surface area (Å²) in [6.07, 6.45) is -0.255. The Hall–Kier alpha value is -0.800. The molecule has 0 bridgehead atoms. The number of esters is 1. The van der Waals surface area contributed by atoms with Crippen molar-refractivity contribution in [3.05, 3.63) is 0 Å². The largest absolute Gasteiger partial charge is 0.481 e. The van der Waals surface area contributed by atoms with Crippen molar-refractivity contribution in [2.45, 2.75) is 19.4 Å². The first-order chi connectivity index (χ1) is 8.86. The maximum absolute atomic E-state index is 12.1. The number of aliphatic carboxylic acids is 1. The Labute approximate surface area is 116 Å². The zero-order chi connectivity index (χ0) is 14.5. The Morgan fingerprint density at radius 1 is 1.47 bits per heavy atom. The number of carbonyl (C=O) groups is 2. The van der Waals surface area contributed by atoms with Gasteiger partial charge in [-0.2, -0.15) is 16.1 Å². The molecule has 9 heteroatoms. The van der Waals surface area contributed by atoms with E-state index in [0.29, 0.717) is 11.5 Å². The van der Waals surface area contributed by atoms with E-state index in [1.807, 2.05) is 0 Å². The predicted octanol–water partition coefficient (Wildman–Crippen LogP) is -0.229. The van der Waals surface area contributed by atoms with Crippen LogP contribution in [0.1, 0.15) is 13.3 Å². The van der Waals surface area contributed by atoms with Crippen LogP contribution in [0, 0.1) is 0 Å². The van der Waals surface area contributed by atoms with Crippen LogP contribution in [0.25, 0.3) is 0 Å². The van der Waals surface area contributed by atoms with E-state index in [4.69, 9.17) is 5.11 Å². The highest BCUT2D eigenvalue weighted by atomic mass is 32.2. The summed E-state index contributed by atoms with van der Waals surface area (Å²) in [6, 6.07) is -0.601. The van der Waals surface area contributed by atoms with E-state index in [0.717, 1.165) is 4.31 Å². The molecule has 19 heavy (non-hydrogen) atoms. The number of thioether (sulfide) groups is 1. The number of hydrogen-bond donors (Lipinski definition) is 1. The molecule has 0 aromatic heterocycles. The van der Waals surface area contributed by atoms with Crippen LogP contribution in [0.3, 0.4) is 0 Å². The quantitative estimate of drug-likeness (QED) is 0.676. The molecule has 1 atom stereocenters. The summed E-state index contributed by atoms with van der Waals surface area (Å²) in [5, 5.41) is 8.79. The van der Waals surface area contributed by atoms with Gasteiger partial charge in [0.1, 0.15) is 0 Å². The number of ether oxygens (including phenoxy) is 1. The van der Waals surface area contributed by atoms with Gasteiger partial charge in [-0.05, 0) is 6.92 Å². The molecule has 1 rings (SSSR count). The lowest BCUT2D eigenvalue weighted by molar-refractivity contribution is -0.140. The van der Waals surface area contributed by atoms with Gasteiger partial charge in [0, 0.05) is 24.1 Å². The van der Waals surface area contributed by atoms with E-state index in [-0.39, 0.29) is 19.6 Å². The second kappa shape index (κ2) is 7.11. The maximum Gasteiger partial charge on any atom is 0.322 e. The first-order valence-corrected chi connectivity index (χ1v) is 8.58. The van der Waals surface area contributed by atoms with Crippen molar-refractivity contribution in [2.75, 3.05) is 30.4 Å². The fourth-order valence-corrected chi connectivity index (χ4v) is 4.59. The molecule has 0 aromatic carbocycles. The molecule has 1 aliphatic rings. The van der Waals surface area contributed by atoms with Crippen molar-refractivity contribution >= 4 is 33.7 Å². The number of hydrogen-bond acceptors (Lipinski definition) is 6. The highest BCUT2D eigenvalue weighted by molar-refractivity contribution is 7.99. The topological polar surface area (TPSA) is 101 Å². The van der Waals surface area contributed by atoms with E-state index < -0.39 is 33.8 Å². The van der Waals surface area contributed by atoms with E-state index in [9.17, 15) is 18.0 Å². The molecule has 7 nitrogen and oxygen atoms in total. The normalized spacial score (nSPS) is 21.0. The lowest BCUT2D eigenvalue weighted by atomic mass is 10.2. The van der Waals surface area contributed by atoms with E-state index in [2.05, 4.69) is 4.74 Å². The Balaban J connectivity index is 2.77. The van der Waals surface area contributed by atoms with Crippen LogP contribution in [-0.4, -0.2) is 66.2 Å². The minimum Gasteiger partial charge on any atom is -0.481 e. The van der Waals surface area contributed by atoms with Gasteiger partial charge in [0.05, 0.1) is 13.0 Å². The third-order valence-electron chi connectivity index (χ3n) is 2.55. The minimum atomic E-state index is -3.82. The maximum atomic E-state index is 12.1. The number of carboxylic acid groups (broad SMARTS) is 1. The third kappa shape index (κ3) is 5.00. The van der Waals surface area contributed by atoms with Crippen LogP contribution >= 0.6 is 11.8 Å². The standard InChI is InChI=1S/C10H17NO6S2/c1-2-17-10(14)7-19(15,16)11-3-4-18-6-8(11)5-9(12)13/h8H,2-7H2,1H3,(H,12,13). The van der Waals surface area contributed by atoms with Crippen LogP contribution in [0.4, 0.5) is 0 Å². The molecule has 1 aliphatic heterocycles. The zero-order valence-electron chi connectivity index (χ0n) is 10.6. The van der Waals surface area contributed by atoms with Gasteiger partial charge in [-0.3, -0.25) is 9.59 Å². The summed E-state index contributed by atoms with van der Waals surface area (Å²) in [5.74, 6) is -1.58. The molecule has 0 aliphatic carbocycles. The average Bonchev–Trinajstić information content (AvgIpc) is 2.28. The molecule has 1 N–H and O–H groups in total. The number of carboxylic acids is 1. The van der Waals surface area contributed by atoms with Gasteiger partial charge < -0.3 is 9.84 Å². The van der Waals surface area contributed by atoms with Crippen molar-refractivity contribution < 1.29 is 27.9 Å². The summed E-state index contributed by atoms with van der Waals surface area (Å²) in [5.41, 5.74) is 0. The van der Waals surface area contributed by atoms with Crippen molar-refractivity contribution in [1.82, 2.24) is 4.31 Å². The highest BCUT2D eigenvalue weighted by Gasteiger charge is 2.35. The Bertz CT molecular complexity index is 435. The molecule has 1 saturated heterocycles. The van der Waals surface area contributed by atoms with Gasteiger partial charge in [0.2, 0.25) is 10.0 Å². The van der Waals surface area contributed by atoms with E-state index in [1.165, 1.54) is 11.8 Å². The van der Waals surface area contributed by atoms with Crippen molar-refractivity contribution in [1.29, 1.82) is 0 Å². The number of carbonyl (C=O) groups excluding carboxylic acids is 1. The number of sulfonamides is 1. The second-order valence-electron chi connectivity index (χ2n) is 4.00. The summed E-state index contributed by atoms with van der Waals surface area (Å²) >= 11 is 1.51. The second-order valence-corrected chi connectivity index (χ2v) is 7.07. The fraction of sp³-hybridized carbons (Fsp3) is 0.800. The summed E-state index contributed by atoms with van der Waals surface area (Å²) in [4.78, 5) is 22.0. The third-order valence-corrected chi connectivity index (χ3v) is 5.43. The van der Waals surface area contributed by atoms with Crippen LogP contribution in [0.5, 0.6) is 0 Å². The zero-order valence-corrected chi connectivity index (χ0v) is 12.2. The van der Waals surface area contributed by atoms with Crippen LogP contribution < -0.4 is 0 Å². The van der Waals surface area contributed by atoms with E-state index >= 15 is 0 Å². The molecule has 1 unspecified atom stereocenters. The highest BCUT2D eigenvalue weighted by Crippen LogP contribution is 2.22. The molecule has 110 valence electrons. The number of nitrogens with zero attached hydrogens (tertiary/aromatic N) is 1. The monoisotopic (exact) mass is 311 g/mol. The van der Waals surface area contributed by atoms with Crippen molar-refractivity contribution in [3.8, 4) is 0 Å². The lowest BCUT2D eigenvalue weighted by Crippen LogP contribution is -2.48. The molecular formula is C10H17NO6S2. The van der Waals surface area contributed by atoms with E-state index in [1.54, 1.807) is 6.92 Å². The average molecular weight is 311 g/mol. The molecule has 1 fully saturated rings. The molecular weight excluding hydrogens is 294 g/mol. The van der Waals surface area contributed by atoms with Gasteiger partial charge in [0.15, 0.2) is 5.75 Å². The molecule has 0 aromatic rings. The van der Waals surface area contributed by atoms with Crippen LogP contribution in [0.15, 0.2) is 0 Å². The Morgan fingerprint density at radius 2 is 2.16 bits per heavy atom. The summed E-state index contributed by atoms with van der Waals surface area (Å²) in [7, 11) is -3.82. The SMILES string of the molecule is CCOC(=O)CS(=O)(=O)N1CCSCC1CC(=O)O. The van der Waals surface area contributed by atoms with Crippen molar-refractivity contribution in [3.63, 3.8) is 0 Å². The number of rotatable bonds is 6. The van der Waals surface area contributed by atoms with Gasteiger partial charge >= 0.3 is 11.9 Å². The summed E-state index contributed by atoms with van der Waals surface area (Å²) in [6.45, 7) is 1.93. The van der Waals surface area contributed by atoms with Crippen LogP contribution in [0.2, 0.25) is 0 Å². The van der Waals surface area contributed by atoms with Crippen molar-refractivity contribution in [2.24, 2.45) is 0 Å². The Kier molecular flexibility index (Phi) is 6.08. The molecule has 0 amide bonds. The van der Waals surface area contributed by atoms with Gasteiger partial charge in [-0.1, -0.05) is 0 Å². The first kappa shape index (κ1) is 16.3.